The number of carbonyl (C=O) groups excluding carboxylic acids is 2. The molecule has 0 radical (unpaired) electrons. The topological polar surface area (TPSA) is 156 Å². The van der Waals surface area contributed by atoms with Crippen molar-refractivity contribution in [3.63, 3.8) is 0 Å². The Morgan fingerprint density at radius 2 is 1.42 bits per heavy atom. The number of aliphatic carboxylic acids is 2. The molecular formula is C20H20F3NO7-2. The third-order valence-corrected chi connectivity index (χ3v) is 3.84. The van der Waals surface area contributed by atoms with E-state index in [1.54, 1.807) is 0 Å². The lowest BCUT2D eigenvalue weighted by Crippen LogP contribution is -2.51. The van der Waals surface area contributed by atoms with Crippen LogP contribution < -0.4 is 20.7 Å². The van der Waals surface area contributed by atoms with Gasteiger partial charge >= 0.3 is 6.18 Å². The molecule has 0 unspecified atom stereocenters. The molecule has 2 aromatic carbocycles. The van der Waals surface area contributed by atoms with Gasteiger partial charge in [0.2, 0.25) is 0 Å². The summed E-state index contributed by atoms with van der Waals surface area (Å²) in [4.78, 5) is 19.3. The van der Waals surface area contributed by atoms with Crippen molar-refractivity contribution < 1.29 is 47.9 Å². The van der Waals surface area contributed by atoms with E-state index in [9.17, 15) is 33.0 Å². The SMILES string of the molecule is NCC[C@@H](Oc1ccc(C(F)(F)F)cc1)c1ccccc1.O=C([O-])[C@@H](O)[C@H](O)C(=O)[O-]. The van der Waals surface area contributed by atoms with Gasteiger partial charge in [0.25, 0.3) is 0 Å². The van der Waals surface area contributed by atoms with Gasteiger partial charge in [-0.25, -0.2) is 0 Å². The Balaban J connectivity index is 0.000000407. The van der Waals surface area contributed by atoms with Crippen molar-refractivity contribution in [2.45, 2.75) is 30.9 Å². The van der Waals surface area contributed by atoms with E-state index in [0.29, 0.717) is 18.7 Å². The predicted octanol–water partition coefficient (Wildman–Crippen LogP) is -0.618. The number of aliphatic hydroxyl groups excluding tert-OH is 2. The van der Waals surface area contributed by atoms with Gasteiger partial charge in [0.05, 0.1) is 17.5 Å². The number of alkyl halides is 3. The number of nitrogens with two attached hydrogens (primary N) is 1. The highest BCUT2D eigenvalue weighted by Gasteiger charge is 2.30. The van der Waals surface area contributed by atoms with Crippen LogP contribution in [-0.2, 0) is 15.8 Å². The Hall–Kier alpha value is -3.15. The molecule has 8 nitrogen and oxygen atoms in total. The Kier molecular flexibility index (Phi) is 9.93. The molecule has 31 heavy (non-hydrogen) atoms. The van der Waals surface area contributed by atoms with Crippen LogP contribution in [0.1, 0.15) is 23.7 Å². The Morgan fingerprint density at radius 1 is 0.935 bits per heavy atom. The molecular weight excluding hydrogens is 423 g/mol. The van der Waals surface area contributed by atoms with Gasteiger partial charge in [-0.2, -0.15) is 13.2 Å². The number of ether oxygens (including phenoxy) is 1. The highest BCUT2D eigenvalue weighted by Crippen LogP contribution is 2.31. The van der Waals surface area contributed by atoms with Crippen LogP contribution in [0, 0.1) is 0 Å². The van der Waals surface area contributed by atoms with Gasteiger partial charge in [0, 0.05) is 6.42 Å². The number of benzene rings is 2. The van der Waals surface area contributed by atoms with Crippen molar-refractivity contribution in [3.8, 4) is 5.75 Å². The largest absolute Gasteiger partial charge is 0.547 e. The lowest BCUT2D eigenvalue weighted by Gasteiger charge is -2.19. The minimum absolute atomic E-state index is 0.270. The second-order valence-corrected chi connectivity index (χ2v) is 6.14. The molecule has 0 aromatic heterocycles. The maximum atomic E-state index is 12.5. The van der Waals surface area contributed by atoms with Crippen LogP contribution in [-0.4, -0.2) is 40.9 Å². The summed E-state index contributed by atoms with van der Waals surface area (Å²) in [5, 5.41) is 35.7. The summed E-state index contributed by atoms with van der Waals surface area (Å²) >= 11 is 0. The molecule has 0 fully saturated rings. The number of carboxylic acids is 2. The summed E-state index contributed by atoms with van der Waals surface area (Å²) in [6, 6.07) is 14.2. The summed E-state index contributed by atoms with van der Waals surface area (Å²) in [7, 11) is 0. The zero-order chi connectivity index (χ0) is 23.6. The molecule has 0 aliphatic carbocycles. The zero-order valence-corrected chi connectivity index (χ0v) is 16.0. The van der Waals surface area contributed by atoms with Gasteiger partial charge in [-0.1, -0.05) is 30.3 Å². The first-order chi connectivity index (χ1) is 14.5. The van der Waals surface area contributed by atoms with Crippen LogP contribution in [0.4, 0.5) is 13.2 Å². The van der Waals surface area contributed by atoms with Crippen molar-refractivity contribution in [1.29, 1.82) is 0 Å². The summed E-state index contributed by atoms with van der Waals surface area (Å²) in [5.74, 6) is -3.72. The molecule has 0 saturated carbocycles. The van der Waals surface area contributed by atoms with Gasteiger partial charge in [0.15, 0.2) is 0 Å². The van der Waals surface area contributed by atoms with E-state index in [1.165, 1.54) is 12.1 Å². The second kappa shape index (κ2) is 11.9. The van der Waals surface area contributed by atoms with Gasteiger partial charge < -0.3 is 40.5 Å². The number of aliphatic hydroxyl groups is 2. The highest BCUT2D eigenvalue weighted by molar-refractivity contribution is 5.80. The van der Waals surface area contributed by atoms with Crippen LogP contribution in [0.2, 0.25) is 0 Å². The fourth-order valence-electron chi connectivity index (χ4n) is 2.26. The van der Waals surface area contributed by atoms with Crippen LogP contribution in [0.3, 0.4) is 0 Å². The maximum Gasteiger partial charge on any atom is 0.416 e. The van der Waals surface area contributed by atoms with E-state index in [2.05, 4.69) is 0 Å². The Bertz CT molecular complexity index is 811. The van der Waals surface area contributed by atoms with E-state index < -0.39 is 35.9 Å². The Labute approximate surface area is 175 Å². The van der Waals surface area contributed by atoms with E-state index in [1.807, 2.05) is 30.3 Å². The molecule has 4 N–H and O–H groups in total. The molecule has 2 rings (SSSR count). The lowest BCUT2D eigenvalue weighted by atomic mass is 10.1. The number of halogens is 3. The number of hydrogen-bond acceptors (Lipinski definition) is 8. The summed E-state index contributed by atoms with van der Waals surface area (Å²) in [5.41, 5.74) is 5.83. The molecule has 0 amide bonds. The molecule has 170 valence electrons. The molecule has 0 aliphatic rings. The third-order valence-electron chi connectivity index (χ3n) is 3.84. The van der Waals surface area contributed by atoms with Crippen molar-refractivity contribution in [2.24, 2.45) is 5.73 Å². The molecule has 2 aromatic rings. The second-order valence-electron chi connectivity index (χ2n) is 6.14. The monoisotopic (exact) mass is 443 g/mol. The van der Waals surface area contributed by atoms with Crippen molar-refractivity contribution in [2.75, 3.05) is 6.54 Å². The average Bonchev–Trinajstić information content (AvgIpc) is 2.73. The summed E-state index contributed by atoms with van der Waals surface area (Å²) in [6.45, 7) is 0.431. The molecule has 0 saturated heterocycles. The minimum Gasteiger partial charge on any atom is -0.547 e. The third kappa shape index (κ3) is 8.62. The first-order valence-corrected chi connectivity index (χ1v) is 8.84. The first-order valence-electron chi connectivity index (χ1n) is 8.84. The number of hydrogen-bond donors (Lipinski definition) is 3. The van der Waals surface area contributed by atoms with E-state index in [-0.39, 0.29) is 6.10 Å². The van der Waals surface area contributed by atoms with Crippen molar-refractivity contribution in [1.82, 2.24) is 0 Å². The minimum atomic E-state index is -4.34. The Morgan fingerprint density at radius 3 is 1.81 bits per heavy atom. The summed E-state index contributed by atoms with van der Waals surface area (Å²) in [6.07, 6.45) is -8.90. The molecule has 0 bridgehead atoms. The standard InChI is InChI=1S/C16H16F3NO.C4H6O6/c17-16(18,19)13-6-8-14(9-7-13)21-15(10-11-20)12-4-2-1-3-5-12;5-1(3(7)8)2(6)4(9)10/h1-9,15H,10-11,20H2;1-2,5-6H,(H,7,8)(H,9,10)/p-2/t15-;1-,2-/m10/s1. The number of carbonyl (C=O) groups is 2. The van der Waals surface area contributed by atoms with Gasteiger partial charge in [-0.3, -0.25) is 0 Å². The maximum absolute atomic E-state index is 12.5. The summed E-state index contributed by atoms with van der Waals surface area (Å²) < 4.78 is 43.3. The van der Waals surface area contributed by atoms with Gasteiger partial charge in [-0.15, -0.1) is 0 Å². The molecule has 11 heteroatoms. The van der Waals surface area contributed by atoms with Gasteiger partial charge in [-0.05, 0) is 36.4 Å². The molecule has 0 aliphatic heterocycles. The first kappa shape index (κ1) is 25.9. The number of rotatable bonds is 8. The van der Waals surface area contributed by atoms with Crippen LogP contribution in [0.15, 0.2) is 54.6 Å². The molecule has 0 heterocycles. The van der Waals surface area contributed by atoms with Crippen molar-refractivity contribution >= 4 is 11.9 Å². The van der Waals surface area contributed by atoms with Crippen LogP contribution in [0.25, 0.3) is 0 Å². The van der Waals surface area contributed by atoms with Gasteiger partial charge in [0.1, 0.15) is 24.1 Å². The zero-order valence-electron chi connectivity index (χ0n) is 16.0. The van der Waals surface area contributed by atoms with E-state index >= 15 is 0 Å². The fraction of sp³-hybridized carbons (Fsp3) is 0.300. The smallest absolute Gasteiger partial charge is 0.416 e. The van der Waals surface area contributed by atoms with Crippen LogP contribution in [0.5, 0.6) is 5.75 Å². The van der Waals surface area contributed by atoms with Crippen LogP contribution >= 0.6 is 0 Å². The fourth-order valence-corrected chi connectivity index (χ4v) is 2.26. The van der Waals surface area contributed by atoms with E-state index in [0.717, 1.165) is 17.7 Å². The van der Waals surface area contributed by atoms with Crippen molar-refractivity contribution in [3.05, 3.63) is 65.7 Å². The predicted molar refractivity (Wildman–Crippen MR) is 97.0 cm³/mol. The lowest BCUT2D eigenvalue weighted by molar-refractivity contribution is -0.333. The average molecular weight is 443 g/mol. The molecule has 0 spiro atoms. The normalized spacial score (nSPS) is 13.9. The highest BCUT2D eigenvalue weighted by atomic mass is 19.4. The van der Waals surface area contributed by atoms with E-state index in [4.69, 9.17) is 20.7 Å². The number of carboxylic acid groups (broad SMARTS) is 2. The quantitative estimate of drug-likeness (QED) is 0.488. The molecule has 3 atom stereocenters.